The number of carbonyl (C=O) groups is 1. The van der Waals surface area contributed by atoms with Crippen LogP contribution < -0.4 is 19.9 Å². The lowest BCUT2D eigenvalue weighted by molar-refractivity contribution is -0.138. The molecule has 2 atom stereocenters. The van der Waals surface area contributed by atoms with Crippen molar-refractivity contribution in [1.82, 2.24) is 0 Å². The number of nitrogens with two attached hydrogens (primary N) is 1. The molecule has 1 aliphatic heterocycles. The number of benzene rings is 2. The molecule has 3 rings (SSSR count). The second kappa shape index (κ2) is 10.8. The predicted octanol–water partition coefficient (Wildman–Crippen LogP) is 3.74. The summed E-state index contributed by atoms with van der Waals surface area (Å²) in [4.78, 5) is 12.8. The largest absolute Gasteiger partial charge is 0.497 e. The van der Waals surface area contributed by atoms with E-state index in [0.29, 0.717) is 23.7 Å². The Kier molecular flexibility index (Phi) is 7.86. The van der Waals surface area contributed by atoms with E-state index in [-0.39, 0.29) is 24.5 Å². The van der Waals surface area contributed by atoms with Crippen LogP contribution in [0, 0.1) is 12.3 Å². The molecule has 3 N–H and O–H groups in total. The summed E-state index contributed by atoms with van der Waals surface area (Å²) in [7, 11) is 3.18. The molecule has 1 heterocycles. The molecular formula is C26H29NO6. The Morgan fingerprint density at radius 2 is 1.88 bits per heavy atom. The molecule has 0 radical (unpaired) electrons. The van der Waals surface area contributed by atoms with Crippen LogP contribution in [0.15, 0.2) is 47.9 Å². The number of aliphatic hydroxyl groups is 1. The smallest absolute Gasteiger partial charge is 0.341 e. The van der Waals surface area contributed by atoms with E-state index in [1.165, 1.54) is 0 Å². The molecule has 2 aromatic carbocycles. The fraction of sp³-hybridized carbons (Fsp3) is 0.346. The zero-order valence-electron chi connectivity index (χ0n) is 19.1. The summed E-state index contributed by atoms with van der Waals surface area (Å²) < 4.78 is 21.7. The maximum absolute atomic E-state index is 12.8. The average molecular weight is 452 g/mol. The number of hydrogen-bond acceptors (Lipinski definition) is 7. The van der Waals surface area contributed by atoms with E-state index < -0.39 is 18.0 Å². The summed E-state index contributed by atoms with van der Waals surface area (Å²) in [5.74, 6) is 2.88. The molecule has 0 spiro atoms. The standard InChI is InChI=1S/C26H29NO6/c1-5-7-18(28)14-22-21-13-16(17-11-19(30-3)15-20(12-17)31-4)8-9-23(21)33-25(27)24(22)26(29)32-10-6-2/h2,8-9,11-13,15,18,22,28H,5,7,10,14,27H2,1,3-4H3. The molecule has 0 amide bonds. The van der Waals surface area contributed by atoms with Crippen LogP contribution in [-0.4, -0.2) is 38.0 Å². The highest BCUT2D eigenvalue weighted by Gasteiger charge is 2.35. The molecule has 0 aliphatic carbocycles. The van der Waals surface area contributed by atoms with Gasteiger partial charge in [0.1, 0.15) is 22.8 Å². The van der Waals surface area contributed by atoms with Gasteiger partial charge in [0.2, 0.25) is 5.88 Å². The fourth-order valence-electron chi connectivity index (χ4n) is 3.96. The lowest BCUT2D eigenvalue weighted by Crippen LogP contribution is -2.29. The van der Waals surface area contributed by atoms with E-state index in [9.17, 15) is 9.90 Å². The summed E-state index contributed by atoms with van der Waals surface area (Å²) in [5.41, 5.74) is 8.73. The number of aliphatic hydroxyl groups excluding tert-OH is 1. The van der Waals surface area contributed by atoms with E-state index in [1.807, 2.05) is 31.2 Å². The number of esters is 1. The first-order valence-electron chi connectivity index (χ1n) is 10.7. The van der Waals surface area contributed by atoms with Gasteiger partial charge in [-0.05, 0) is 48.2 Å². The molecule has 33 heavy (non-hydrogen) atoms. The molecule has 2 unspecified atom stereocenters. The van der Waals surface area contributed by atoms with Gasteiger partial charge in [-0.15, -0.1) is 6.42 Å². The van der Waals surface area contributed by atoms with Gasteiger partial charge >= 0.3 is 5.97 Å². The molecule has 0 fully saturated rings. The van der Waals surface area contributed by atoms with Crippen molar-refractivity contribution in [3.8, 4) is 40.7 Å². The van der Waals surface area contributed by atoms with Crippen LogP contribution in [0.25, 0.3) is 11.1 Å². The van der Waals surface area contributed by atoms with Crippen molar-refractivity contribution < 1.29 is 28.8 Å². The quantitative estimate of drug-likeness (QED) is 0.442. The minimum Gasteiger partial charge on any atom is -0.497 e. The van der Waals surface area contributed by atoms with Crippen LogP contribution in [0.1, 0.15) is 37.7 Å². The van der Waals surface area contributed by atoms with Gasteiger partial charge in [-0.25, -0.2) is 4.79 Å². The summed E-state index contributed by atoms with van der Waals surface area (Å²) in [5, 5.41) is 10.6. The van der Waals surface area contributed by atoms with Crippen LogP contribution in [0.3, 0.4) is 0 Å². The third-order valence-corrected chi connectivity index (χ3v) is 5.54. The number of terminal acetylenes is 1. The maximum atomic E-state index is 12.8. The summed E-state index contributed by atoms with van der Waals surface area (Å²) in [6, 6.07) is 11.2. The number of rotatable bonds is 9. The Bertz CT molecular complexity index is 1060. The lowest BCUT2D eigenvalue weighted by Gasteiger charge is -2.30. The van der Waals surface area contributed by atoms with Crippen LogP contribution in [0.5, 0.6) is 17.2 Å². The van der Waals surface area contributed by atoms with Crippen molar-refractivity contribution in [3.05, 3.63) is 53.4 Å². The van der Waals surface area contributed by atoms with Crippen LogP contribution in [0.4, 0.5) is 0 Å². The summed E-state index contributed by atoms with van der Waals surface area (Å²) >= 11 is 0. The molecule has 0 saturated heterocycles. The first kappa shape index (κ1) is 24.0. The average Bonchev–Trinajstić information content (AvgIpc) is 2.82. The van der Waals surface area contributed by atoms with Crippen molar-refractivity contribution in [2.45, 2.75) is 38.2 Å². The van der Waals surface area contributed by atoms with Gasteiger partial charge in [0.05, 0.1) is 20.3 Å². The number of ether oxygens (including phenoxy) is 4. The molecule has 7 nitrogen and oxygen atoms in total. The van der Waals surface area contributed by atoms with Gasteiger partial charge in [0.15, 0.2) is 6.61 Å². The Morgan fingerprint density at radius 3 is 2.48 bits per heavy atom. The van der Waals surface area contributed by atoms with Crippen molar-refractivity contribution in [3.63, 3.8) is 0 Å². The molecular weight excluding hydrogens is 422 g/mol. The number of fused-ring (bicyclic) bond motifs is 1. The van der Waals surface area contributed by atoms with Gasteiger partial charge in [0, 0.05) is 17.5 Å². The zero-order valence-corrected chi connectivity index (χ0v) is 19.1. The van der Waals surface area contributed by atoms with Gasteiger partial charge < -0.3 is 29.8 Å². The van der Waals surface area contributed by atoms with Crippen LogP contribution in [-0.2, 0) is 9.53 Å². The van der Waals surface area contributed by atoms with E-state index in [4.69, 9.17) is 31.1 Å². The SMILES string of the molecule is C#CCOC(=O)C1=C(N)Oc2ccc(-c3cc(OC)cc(OC)c3)cc2C1CC(O)CCC. The lowest BCUT2D eigenvalue weighted by atomic mass is 9.82. The first-order valence-corrected chi connectivity index (χ1v) is 10.7. The molecule has 0 saturated carbocycles. The fourth-order valence-corrected chi connectivity index (χ4v) is 3.96. The van der Waals surface area contributed by atoms with Crippen molar-refractivity contribution in [1.29, 1.82) is 0 Å². The first-order chi connectivity index (χ1) is 15.9. The molecule has 174 valence electrons. The van der Waals surface area contributed by atoms with E-state index in [1.54, 1.807) is 26.4 Å². The third kappa shape index (κ3) is 5.41. The van der Waals surface area contributed by atoms with Gasteiger partial charge in [-0.2, -0.15) is 0 Å². The highest BCUT2D eigenvalue weighted by molar-refractivity contribution is 5.92. The van der Waals surface area contributed by atoms with E-state index >= 15 is 0 Å². The van der Waals surface area contributed by atoms with Crippen molar-refractivity contribution in [2.75, 3.05) is 20.8 Å². The van der Waals surface area contributed by atoms with Gasteiger partial charge in [0.25, 0.3) is 0 Å². The minimum absolute atomic E-state index is 0.0472. The molecule has 0 bridgehead atoms. The van der Waals surface area contributed by atoms with Gasteiger partial charge in [-0.1, -0.05) is 25.3 Å². The summed E-state index contributed by atoms with van der Waals surface area (Å²) in [6.45, 7) is 1.80. The second-order valence-electron chi connectivity index (χ2n) is 7.74. The van der Waals surface area contributed by atoms with Gasteiger partial charge in [-0.3, -0.25) is 0 Å². The number of carbonyl (C=O) groups excluding carboxylic acids is 1. The van der Waals surface area contributed by atoms with E-state index in [0.717, 1.165) is 23.1 Å². The molecule has 2 aromatic rings. The minimum atomic E-state index is -0.654. The monoisotopic (exact) mass is 451 g/mol. The Morgan fingerprint density at radius 1 is 1.18 bits per heavy atom. The second-order valence-corrected chi connectivity index (χ2v) is 7.74. The summed E-state index contributed by atoms with van der Waals surface area (Å²) in [6.07, 6.45) is 6.29. The Balaban J connectivity index is 2.09. The van der Waals surface area contributed by atoms with E-state index in [2.05, 4.69) is 5.92 Å². The number of hydrogen-bond donors (Lipinski definition) is 2. The highest BCUT2D eigenvalue weighted by Crippen LogP contribution is 2.44. The topological polar surface area (TPSA) is 100 Å². The molecule has 7 heteroatoms. The zero-order chi connectivity index (χ0) is 24.0. The van der Waals surface area contributed by atoms with Crippen LogP contribution in [0.2, 0.25) is 0 Å². The van der Waals surface area contributed by atoms with Crippen molar-refractivity contribution in [2.24, 2.45) is 5.73 Å². The maximum Gasteiger partial charge on any atom is 0.341 e. The Labute approximate surface area is 194 Å². The highest BCUT2D eigenvalue weighted by atomic mass is 16.5. The predicted molar refractivity (Wildman–Crippen MR) is 125 cm³/mol. The number of methoxy groups -OCH3 is 2. The van der Waals surface area contributed by atoms with Crippen molar-refractivity contribution >= 4 is 5.97 Å². The molecule has 0 aromatic heterocycles. The Hall–Kier alpha value is -3.63. The van der Waals surface area contributed by atoms with Crippen LogP contribution >= 0.6 is 0 Å². The molecule has 1 aliphatic rings. The normalized spacial score (nSPS) is 15.7. The third-order valence-electron chi connectivity index (χ3n) is 5.54.